The Morgan fingerprint density at radius 3 is 2.28 bits per heavy atom. The lowest BCUT2D eigenvalue weighted by Gasteiger charge is -2.16. The Labute approximate surface area is 147 Å². The Kier molecular flexibility index (Phi) is 6.58. The van der Waals surface area contributed by atoms with Crippen molar-refractivity contribution in [1.82, 2.24) is 0 Å². The number of rotatable bonds is 3. The molecule has 0 saturated heterocycles. The Morgan fingerprint density at radius 1 is 1.22 bits per heavy atom. The third-order valence-corrected chi connectivity index (χ3v) is 7.31. The van der Waals surface area contributed by atoms with Crippen molar-refractivity contribution < 1.29 is 9.53 Å². The molecule has 1 rings (SSSR count). The second-order valence-electron chi connectivity index (χ2n) is 3.39. The van der Waals surface area contributed by atoms with E-state index in [1.54, 1.807) is 6.92 Å². The molecule has 0 aliphatic rings. The van der Waals surface area contributed by atoms with Gasteiger partial charge in [0.2, 0.25) is 0 Å². The molecule has 0 saturated carbocycles. The molecule has 1 aromatic carbocycles. The second-order valence-corrected chi connectivity index (χ2v) is 7.46. The lowest BCUT2D eigenvalue weighted by molar-refractivity contribution is -0.140. The standard InChI is InChI=1S/C11H7Br5O2/c1-4(2)11(17)18-10(16)5-3-6(12)8(14)9(15)7(5)13/h3,10H,1H2,2H3. The molecule has 98 valence electrons. The smallest absolute Gasteiger partial charge is 0.334 e. The first-order valence-electron chi connectivity index (χ1n) is 4.59. The molecule has 1 aromatic rings. The van der Waals surface area contributed by atoms with E-state index in [1.165, 1.54) is 0 Å². The molecule has 0 amide bonds. The number of esters is 1. The van der Waals surface area contributed by atoms with Gasteiger partial charge in [-0.3, -0.25) is 0 Å². The summed E-state index contributed by atoms with van der Waals surface area (Å²) in [6.07, 6.45) is 0. The van der Waals surface area contributed by atoms with E-state index in [0.717, 1.165) is 23.5 Å². The summed E-state index contributed by atoms with van der Waals surface area (Å²) in [5.74, 6) is -0.445. The van der Waals surface area contributed by atoms with Gasteiger partial charge in [0.15, 0.2) is 5.01 Å². The topological polar surface area (TPSA) is 26.3 Å². The molecule has 0 aromatic heterocycles. The normalized spacial score (nSPS) is 12.1. The summed E-state index contributed by atoms with van der Waals surface area (Å²) in [4.78, 5) is 11.5. The minimum Gasteiger partial charge on any atom is -0.442 e. The number of ether oxygens (including phenoxy) is 1. The van der Waals surface area contributed by atoms with Gasteiger partial charge in [-0.2, -0.15) is 0 Å². The molecule has 0 spiro atoms. The highest BCUT2D eigenvalue weighted by molar-refractivity contribution is 9.15. The zero-order valence-corrected chi connectivity index (χ0v) is 17.0. The van der Waals surface area contributed by atoms with E-state index in [9.17, 15) is 4.79 Å². The number of halogens is 5. The predicted octanol–water partition coefficient (Wildman–Crippen LogP) is 6.25. The van der Waals surface area contributed by atoms with Crippen LogP contribution < -0.4 is 0 Å². The van der Waals surface area contributed by atoms with Crippen LogP contribution in [0.5, 0.6) is 0 Å². The number of carbonyl (C=O) groups excluding carboxylic acids is 1. The zero-order chi connectivity index (χ0) is 14.0. The van der Waals surface area contributed by atoms with E-state index in [1.807, 2.05) is 6.07 Å². The summed E-state index contributed by atoms with van der Waals surface area (Å²) in [6, 6.07) is 1.85. The van der Waals surface area contributed by atoms with Gasteiger partial charge in [-0.1, -0.05) is 6.58 Å². The highest BCUT2D eigenvalue weighted by Crippen LogP contribution is 2.43. The van der Waals surface area contributed by atoms with Gasteiger partial charge in [0.25, 0.3) is 0 Å². The lowest BCUT2D eigenvalue weighted by Crippen LogP contribution is -2.08. The maximum atomic E-state index is 11.5. The second kappa shape index (κ2) is 7.02. The van der Waals surface area contributed by atoms with Crippen molar-refractivity contribution >= 4 is 85.6 Å². The van der Waals surface area contributed by atoms with Crippen LogP contribution in [-0.2, 0) is 9.53 Å². The van der Waals surface area contributed by atoms with Crippen LogP contribution in [-0.4, -0.2) is 5.97 Å². The number of hydrogen-bond acceptors (Lipinski definition) is 2. The third kappa shape index (κ3) is 3.91. The number of hydrogen-bond donors (Lipinski definition) is 0. The SMILES string of the molecule is C=C(C)C(=O)OC(Br)c1cc(Br)c(Br)c(Br)c1Br. The summed E-state index contributed by atoms with van der Waals surface area (Å²) in [5.41, 5.74) is 1.14. The largest absolute Gasteiger partial charge is 0.442 e. The Hall–Kier alpha value is 0.830. The molecule has 0 aliphatic carbocycles. The quantitative estimate of drug-likeness (QED) is 0.141. The van der Waals surface area contributed by atoms with Gasteiger partial charge in [-0.05, 0) is 92.6 Å². The summed E-state index contributed by atoms with van der Waals surface area (Å²) >= 11 is 17.1. The first kappa shape index (κ1) is 16.9. The van der Waals surface area contributed by atoms with Gasteiger partial charge in [0.1, 0.15) is 0 Å². The Morgan fingerprint density at radius 2 is 1.78 bits per heavy atom. The van der Waals surface area contributed by atoms with E-state index in [-0.39, 0.29) is 0 Å². The third-order valence-electron chi connectivity index (χ3n) is 1.93. The molecule has 0 fully saturated rings. The average Bonchev–Trinajstić information content (AvgIpc) is 2.30. The van der Waals surface area contributed by atoms with Gasteiger partial charge < -0.3 is 4.74 Å². The van der Waals surface area contributed by atoms with Crippen LogP contribution in [0.4, 0.5) is 0 Å². The van der Waals surface area contributed by atoms with Gasteiger partial charge >= 0.3 is 5.97 Å². The average molecular weight is 571 g/mol. The molecule has 1 atom stereocenters. The van der Waals surface area contributed by atoms with E-state index < -0.39 is 11.0 Å². The van der Waals surface area contributed by atoms with Crippen LogP contribution in [0.25, 0.3) is 0 Å². The molecule has 0 aliphatic heterocycles. The van der Waals surface area contributed by atoms with Gasteiger partial charge in [0.05, 0.1) is 0 Å². The number of benzene rings is 1. The monoisotopic (exact) mass is 566 g/mol. The van der Waals surface area contributed by atoms with Crippen molar-refractivity contribution in [3.8, 4) is 0 Å². The fourth-order valence-corrected chi connectivity index (χ4v) is 4.11. The molecule has 18 heavy (non-hydrogen) atoms. The maximum absolute atomic E-state index is 11.5. The fourth-order valence-electron chi connectivity index (χ4n) is 1.01. The highest BCUT2D eigenvalue weighted by atomic mass is 79.9. The predicted molar refractivity (Wildman–Crippen MR) is 89.8 cm³/mol. The molecular weight excluding hydrogens is 564 g/mol. The maximum Gasteiger partial charge on any atom is 0.334 e. The van der Waals surface area contributed by atoms with Crippen LogP contribution in [0.3, 0.4) is 0 Å². The van der Waals surface area contributed by atoms with E-state index in [4.69, 9.17) is 4.74 Å². The summed E-state index contributed by atoms with van der Waals surface area (Å²) in [7, 11) is 0. The first-order chi connectivity index (χ1) is 8.25. The molecule has 0 radical (unpaired) electrons. The van der Waals surface area contributed by atoms with Gasteiger partial charge in [-0.25, -0.2) is 4.79 Å². The molecule has 0 N–H and O–H groups in total. The summed E-state index contributed by atoms with van der Waals surface area (Å²) in [5, 5.41) is -0.559. The van der Waals surface area contributed by atoms with Crippen LogP contribution in [0.15, 0.2) is 36.1 Å². The molecule has 0 bridgehead atoms. The van der Waals surface area contributed by atoms with Gasteiger partial charge in [0, 0.05) is 29.0 Å². The number of carbonyl (C=O) groups is 1. The fraction of sp³-hybridized carbons (Fsp3) is 0.182. The van der Waals surface area contributed by atoms with Crippen LogP contribution >= 0.6 is 79.6 Å². The minimum atomic E-state index is -0.559. The van der Waals surface area contributed by atoms with Crippen LogP contribution in [0.1, 0.15) is 17.5 Å². The number of alkyl halides is 1. The molecule has 0 heterocycles. The molecule has 2 nitrogen and oxygen atoms in total. The highest BCUT2D eigenvalue weighted by Gasteiger charge is 2.20. The van der Waals surface area contributed by atoms with Crippen molar-refractivity contribution in [2.75, 3.05) is 0 Å². The Balaban J connectivity index is 3.11. The van der Waals surface area contributed by atoms with E-state index >= 15 is 0 Å². The Bertz CT molecular complexity index is 513. The minimum absolute atomic E-state index is 0.353. The van der Waals surface area contributed by atoms with Crippen molar-refractivity contribution in [3.05, 3.63) is 41.7 Å². The van der Waals surface area contributed by atoms with Crippen LogP contribution in [0.2, 0.25) is 0 Å². The van der Waals surface area contributed by atoms with Crippen molar-refractivity contribution in [3.63, 3.8) is 0 Å². The van der Waals surface area contributed by atoms with E-state index in [0.29, 0.717) is 5.57 Å². The first-order valence-corrected chi connectivity index (χ1v) is 8.68. The van der Waals surface area contributed by atoms with Crippen molar-refractivity contribution in [2.45, 2.75) is 11.9 Å². The molecular formula is C11H7Br5O2. The van der Waals surface area contributed by atoms with E-state index in [2.05, 4.69) is 86.2 Å². The lowest BCUT2D eigenvalue weighted by atomic mass is 10.2. The van der Waals surface area contributed by atoms with Gasteiger partial charge in [-0.15, -0.1) is 0 Å². The molecule has 7 heteroatoms. The van der Waals surface area contributed by atoms with Crippen molar-refractivity contribution in [1.29, 1.82) is 0 Å². The van der Waals surface area contributed by atoms with Crippen LogP contribution in [0, 0.1) is 0 Å². The van der Waals surface area contributed by atoms with Crippen molar-refractivity contribution in [2.24, 2.45) is 0 Å². The molecule has 1 unspecified atom stereocenters. The zero-order valence-electron chi connectivity index (χ0n) is 9.07. The summed E-state index contributed by atoms with van der Waals surface area (Å²) in [6.45, 7) is 5.14. The summed E-state index contributed by atoms with van der Waals surface area (Å²) < 4.78 is 8.58.